The lowest BCUT2D eigenvalue weighted by molar-refractivity contribution is 0.0505. The largest absolute Gasteiger partial charge is 0.497 e. The molecule has 10 heteroatoms. The Morgan fingerprint density at radius 2 is 1.61 bits per heavy atom. The molecule has 5 heterocycles. The fraction of sp³-hybridized carbons (Fsp3) is 0.294. The van der Waals surface area contributed by atoms with E-state index in [1.807, 2.05) is 84.8 Å². The minimum Gasteiger partial charge on any atom is -0.497 e. The van der Waals surface area contributed by atoms with Gasteiger partial charge in [-0.25, -0.2) is 9.59 Å². The molecule has 3 aromatic heterocycles. The molecule has 0 spiro atoms. The Balaban J connectivity index is 1.84. The number of esters is 2. The molecule has 0 aliphatic carbocycles. The highest BCUT2D eigenvalue weighted by Crippen LogP contribution is 2.46. The van der Waals surface area contributed by atoms with Crippen molar-refractivity contribution in [2.45, 2.75) is 29.7 Å². The molecule has 0 amide bonds. The molecule has 1 atom stereocenters. The summed E-state index contributed by atoms with van der Waals surface area (Å²) >= 11 is 1.42. The lowest BCUT2D eigenvalue weighted by atomic mass is 9.95. The minimum atomic E-state index is -0.424. The van der Waals surface area contributed by atoms with E-state index in [4.69, 9.17) is 14.2 Å². The van der Waals surface area contributed by atoms with Crippen LogP contribution >= 0.6 is 11.8 Å². The molecule has 2 aliphatic heterocycles. The number of nitrogens with zero attached hydrogens (tertiary/aromatic N) is 4. The summed E-state index contributed by atoms with van der Waals surface area (Å²) in [5, 5.41) is 1.82. The maximum Gasteiger partial charge on any atom is 0.356 e. The fourth-order valence-corrected chi connectivity index (χ4v) is 7.23. The number of hydrogen-bond donors (Lipinski definition) is 0. The molecule has 2 aliphatic rings. The predicted molar refractivity (Wildman–Crippen MR) is 173 cm³/mol. The van der Waals surface area contributed by atoms with Crippen LogP contribution in [0.1, 0.15) is 46.0 Å². The molecule has 1 aromatic carbocycles. The van der Waals surface area contributed by atoms with Crippen LogP contribution in [0, 0.1) is 0 Å². The van der Waals surface area contributed by atoms with Crippen molar-refractivity contribution in [3.05, 3.63) is 81.8 Å². The van der Waals surface area contributed by atoms with Gasteiger partial charge in [0.15, 0.2) is 0 Å². The van der Waals surface area contributed by atoms with Crippen LogP contribution in [0.4, 0.5) is 5.69 Å². The van der Waals surface area contributed by atoms with Crippen LogP contribution in [0.2, 0.25) is 0 Å². The van der Waals surface area contributed by atoms with Crippen molar-refractivity contribution in [3.8, 4) is 5.75 Å². The number of pyridine rings is 1. The number of fused-ring (bicyclic) bond motifs is 6. The van der Waals surface area contributed by atoms with E-state index >= 15 is 0 Å². The van der Waals surface area contributed by atoms with Gasteiger partial charge in [0, 0.05) is 54.6 Å². The third-order valence-corrected chi connectivity index (χ3v) is 9.17. The fourth-order valence-electron chi connectivity index (χ4n) is 5.85. The number of rotatable bonds is 8. The number of ether oxygens (including phenoxy) is 3. The number of anilines is 1. The third kappa shape index (κ3) is 4.69. The van der Waals surface area contributed by atoms with Crippen molar-refractivity contribution in [3.63, 3.8) is 0 Å². The topological polar surface area (TPSA) is 77.6 Å². The molecule has 0 saturated carbocycles. The number of likely N-dealkylation sites (N-methyl/N-ethyl adjacent to an activating group) is 1. The van der Waals surface area contributed by atoms with E-state index in [-0.39, 0.29) is 19.3 Å². The number of benzene rings is 1. The first-order chi connectivity index (χ1) is 21.2. The smallest absolute Gasteiger partial charge is 0.356 e. The molecule has 0 radical (unpaired) electrons. The second kappa shape index (κ2) is 11.6. The molecular weight excluding hydrogens is 576 g/mol. The van der Waals surface area contributed by atoms with Crippen LogP contribution in [0.25, 0.3) is 23.4 Å². The first kappa shape index (κ1) is 29.7. The second-order valence-electron chi connectivity index (χ2n) is 11.0. The van der Waals surface area contributed by atoms with Gasteiger partial charge in [-0.2, -0.15) is 0 Å². The van der Waals surface area contributed by atoms with Crippen molar-refractivity contribution in [2.75, 3.05) is 53.4 Å². The molecule has 6 rings (SSSR count). The summed E-state index contributed by atoms with van der Waals surface area (Å²) in [4.78, 5) is 33.0. The summed E-state index contributed by atoms with van der Waals surface area (Å²) in [6.45, 7) is 4.08. The maximum absolute atomic E-state index is 13.7. The highest BCUT2D eigenvalue weighted by atomic mass is 32.2. The van der Waals surface area contributed by atoms with Crippen molar-refractivity contribution in [1.82, 2.24) is 13.9 Å². The highest BCUT2D eigenvalue weighted by molar-refractivity contribution is 7.99. The Hall–Kier alpha value is -4.41. The van der Waals surface area contributed by atoms with Gasteiger partial charge >= 0.3 is 11.9 Å². The van der Waals surface area contributed by atoms with Gasteiger partial charge in [0.05, 0.1) is 41.0 Å². The summed E-state index contributed by atoms with van der Waals surface area (Å²) in [6, 6.07) is 12.0. The zero-order valence-electron chi connectivity index (χ0n) is 26.0. The Bertz CT molecular complexity index is 1950. The minimum absolute atomic E-state index is 0.0151. The van der Waals surface area contributed by atoms with Crippen LogP contribution in [0.15, 0.2) is 58.5 Å². The van der Waals surface area contributed by atoms with Gasteiger partial charge < -0.3 is 28.1 Å². The van der Waals surface area contributed by atoms with Crippen molar-refractivity contribution < 1.29 is 23.8 Å². The van der Waals surface area contributed by atoms with E-state index < -0.39 is 11.9 Å². The molecule has 44 heavy (non-hydrogen) atoms. The lowest BCUT2D eigenvalue weighted by Gasteiger charge is -2.20. The number of methoxy groups -OCH3 is 1. The molecular formula is C34H36N4O5S. The normalized spacial score (nSPS) is 15.0. The van der Waals surface area contributed by atoms with Gasteiger partial charge in [-0.05, 0) is 69.9 Å². The molecule has 0 saturated heterocycles. The predicted octanol–water partition coefficient (Wildman–Crippen LogP) is 4.08. The van der Waals surface area contributed by atoms with E-state index in [0.717, 1.165) is 54.0 Å². The van der Waals surface area contributed by atoms with Gasteiger partial charge in [-0.1, -0.05) is 23.9 Å². The number of hydrogen-bond acceptors (Lipinski definition) is 8. The summed E-state index contributed by atoms with van der Waals surface area (Å²) < 4.78 is 20.5. The van der Waals surface area contributed by atoms with Gasteiger partial charge in [0.1, 0.15) is 17.1 Å². The average Bonchev–Trinajstić information content (AvgIpc) is 3.52. The Morgan fingerprint density at radius 1 is 0.932 bits per heavy atom. The summed E-state index contributed by atoms with van der Waals surface area (Å²) in [7, 11) is 9.68. The maximum atomic E-state index is 13.7. The van der Waals surface area contributed by atoms with Crippen LogP contribution in [0.3, 0.4) is 0 Å². The summed E-state index contributed by atoms with van der Waals surface area (Å²) in [5.41, 5.74) is 5.48. The Kier molecular flexibility index (Phi) is 7.81. The van der Waals surface area contributed by atoms with Crippen molar-refractivity contribution in [2.24, 2.45) is 0 Å². The zero-order chi connectivity index (χ0) is 31.3. The van der Waals surface area contributed by atoms with Gasteiger partial charge in [0.25, 0.3) is 0 Å². The highest BCUT2D eigenvalue weighted by Gasteiger charge is 2.36. The molecule has 4 aromatic rings. The molecule has 9 nitrogen and oxygen atoms in total. The first-order valence-electron chi connectivity index (χ1n) is 14.6. The molecule has 0 fully saturated rings. The molecule has 1 unspecified atom stereocenters. The van der Waals surface area contributed by atoms with Crippen molar-refractivity contribution >= 4 is 52.8 Å². The standard InChI is InChI=1S/C34H36N4O5S/c1-8-42-33(39)29-31-27(24-18-21(35(3)4)14-16-37(24)29)26(20-10-12-23(41-7)13-11-20)28-25-19-22(36(5)6)15-17-38(25)30(32(28)44-31)34(40)43-9-2/h10-19,21H,8-9H2,1-7H3. The van der Waals surface area contributed by atoms with E-state index in [1.165, 1.54) is 11.8 Å². The third-order valence-electron chi connectivity index (χ3n) is 7.97. The molecule has 0 bridgehead atoms. The van der Waals surface area contributed by atoms with Crippen LogP contribution in [-0.4, -0.2) is 80.4 Å². The second-order valence-corrected chi connectivity index (χ2v) is 12.0. The van der Waals surface area contributed by atoms with Gasteiger partial charge in [-0.15, -0.1) is 0 Å². The number of carbonyl (C=O) groups is 2. The van der Waals surface area contributed by atoms with Crippen LogP contribution in [0.5, 0.6) is 5.75 Å². The van der Waals surface area contributed by atoms with Crippen LogP contribution in [-0.2, 0) is 9.47 Å². The van der Waals surface area contributed by atoms with E-state index in [9.17, 15) is 9.59 Å². The Morgan fingerprint density at radius 3 is 2.23 bits per heavy atom. The monoisotopic (exact) mass is 612 g/mol. The first-order valence-corrected chi connectivity index (χ1v) is 15.4. The van der Waals surface area contributed by atoms with Gasteiger partial charge in [0.2, 0.25) is 0 Å². The molecule has 0 N–H and O–H groups in total. The van der Waals surface area contributed by atoms with Crippen LogP contribution < -0.4 is 20.2 Å². The van der Waals surface area contributed by atoms with Crippen molar-refractivity contribution in [1.29, 1.82) is 0 Å². The summed E-state index contributed by atoms with van der Waals surface area (Å²) in [6.07, 6.45) is 8.10. The summed E-state index contributed by atoms with van der Waals surface area (Å²) in [5.74, 6) is -0.109. The number of aromatic nitrogens is 2. The number of carbonyl (C=O) groups excluding carboxylic acids is 2. The quantitative estimate of drug-likeness (QED) is 0.243. The van der Waals surface area contributed by atoms with Gasteiger partial charge in [-0.3, -0.25) is 4.90 Å². The SMILES string of the molecule is CCOC(=O)c1c2c(c3n1C=CC(N(C)C)C=3)=C(c1ccc(OC)cc1)c1c(c(C(=O)OCC)n3ccc(N(C)C)cc13)S2. The molecule has 228 valence electrons. The average molecular weight is 613 g/mol. The van der Waals surface area contributed by atoms with E-state index in [2.05, 4.69) is 23.1 Å². The Labute approximate surface area is 260 Å². The van der Waals surface area contributed by atoms with E-state index in [0.29, 0.717) is 11.4 Å². The van der Waals surface area contributed by atoms with E-state index in [1.54, 1.807) is 21.0 Å². The lowest BCUT2D eigenvalue weighted by Crippen LogP contribution is -2.38. The zero-order valence-corrected chi connectivity index (χ0v) is 26.8.